The maximum absolute atomic E-state index is 13.0. The normalized spacial score (nSPS) is 11.0. The molecule has 1 aromatic heterocycles. The summed E-state index contributed by atoms with van der Waals surface area (Å²) in [5.41, 5.74) is -1.03. The second-order valence-electron chi connectivity index (χ2n) is 4.62. The Labute approximate surface area is 148 Å². The van der Waals surface area contributed by atoms with E-state index in [9.17, 15) is 22.4 Å². The fourth-order valence-corrected chi connectivity index (χ4v) is 2.76. The summed E-state index contributed by atoms with van der Waals surface area (Å²) in [7, 11) is 0. The van der Waals surface area contributed by atoms with Crippen molar-refractivity contribution in [3.63, 3.8) is 0 Å². The predicted octanol–water partition coefficient (Wildman–Crippen LogP) is 4.50. The average molecular weight is 390 g/mol. The van der Waals surface area contributed by atoms with Gasteiger partial charge in [-0.25, -0.2) is 9.37 Å². The Hall–Kier alpha value is -2.31. The Morgan fingerprint density at radius 1 is 1.32 bits per heavy atom. The van der Waals surface area contributed by atoms with Crippen molar-refractivity contribution in [1.29, 1.82) is 5.26 Å². The van der Waals surface area contributed by atoms with Gasteiger partial charge in [0, 0.05) is 5.69 Å². The zero-order chi connectivity index (χ0) is 18.6. The number of alkyl halides is 3. The highest BCUT2D eigenvalue weighted by atomic mass is 35.5. The average Bonchev–Trinajstić information content (AvgIpc) is 2.55. The predicted molar refractivity (Wildman–Crippen MR) is 84.7 cm³/mol. The minimum atomic E-state index is -4.66. The van der Waals surface area contributed by atoms with Crippen LogP contribution in [0.4, 0.5) is 23.2 Å². The molecular formula is C15H8ClF4N3OS. The minimum Gasteiger partial charge on any atom is -0.325 e. The van der Waals surface area contributed by atoms with Crippen molar-refractivity contribution in [3.8, 4) is 6.07 Å². The number of aromatic nitrogens is 1. The number of hydrogen-bond donors (Lipinski definition) is 1. The van der Waals surface area contributed by atoms with E-state index in [4.69, 9.17) is 16.9 Å². The monoisotopic (exact) mass is 389 g/mol. The number of anilines is 1. The van der Waals surface area contributed by atoms with Gasteiger partial charge >= 0.3 is 6.18 Å². The van der Waals surface area contributed by atoms with Gasteiger partial charge in [0.2, 0.25) is 5.91 Å². The molecule has 25 heavy (non-hydrogen) atoms. The summed E-state index contributed by atoms with van der Waals surface area (Å²) in [4.78, 5) is 15.4. The van der Waals surface area contributed by atoms with Crippen LogP contribution in [-0.2, 0) is 11.0 Å². The van der Waals surface area contributed by atoms with Crippen molar-refractivity contribution in [2.45, 2.75) is 11.2 Å². The number of benzene rings is 1. The molecule has 2 rings (SSSR count). The number of halogens is 5. The Bertz CT molecular complexity index is 852. The van der Waals surface area contributed by atoms with Crippen LogP contribution >= 0.6 is 23.4 Å². The van der Waals surface area contributed by atoms with Gasteiger partial charge in [-0.15, -0.1) is 0 Å². The maximum atomic E-state index is 13.0. The lowest BCUT2D eigenvalue weighted by Gasteiger charge is -2.11. The Morgan fingerprint density at radius 3 is 2.64 bits per heavy atom. The van der Waals surface area contributed by atoms with E-state index in [0.29, 0.717) is 11.8 Å². The van der Waals surface area contributed by atoms with Crippen molar-refractivity contribution >= 4 is 35.0 Å². The van der Waals surface area contributed by atoms with Gasteiger partial charge in [-0.05, 0) is 30.3 Å². The first-order valence-corrected chi connectivity index (χ1v) is 7.93. The molecule has 1 heterocycles. The Morgan fingerprint density at radius 2 is 2.04 bits per heavy atom. The molecule has 1 N–H and O–H groups in total. The number of rotatable bonds is 4. The van der Waals surface area contributed by atoms with Gasteiger partial charge in [-0.3, -0.25) is 4.79 Å². The van der Waals surface area contributed by atoms with E-state index in [2.05, 4.69) is 10.3 Å². The number of hydrogen-bond acceptors (Lipinski definition) is 4. The Balaban J connectivity index is 2.11. The first-order valence-electron chi connectivity index (χ1n) is 6.56. The van der Waals surface area contributed by atoms with Crippen LogP contribution in [0.15, 0.2) is 35.4 Å². The molecule has 0 saturated heterocycles. The molecule has 2 aromatic rings. The molecule has 0 aliphatic carbocycles. The lowest BCUT2D eigenvalue weighted by atomic mass is 10.2. The molecule has 0 spiro atoms. The highest BCUT2D eigenvalue weighted by Crippen LogP contribution is 2.35. The summed E-state index contributed by atoms with van der Waals surface area (Å²) in [6.07, 6.45) is -4.66. The van der Waals surface area contributed by atoms with Gasteiger partial charge < -0.3 is 5.32 Å². The molecule has 4 nitrogen and oxygen atoms in total. The molecule has 0 radical (unpaired) electrons. The van der Waals surface area contributed by atoms with E-state index < -0.39 is 28.5 Å². The zero-order valence-corrected chi connectivity index (χ0v) is 13.8. The summed E-state index contributed by atoms with van der Waals surface area (Å²) in [6, 6.07) is 6.82. The molecule has 0 saturated carbocycles. The number of nitriles is 1. The lowest BCUT2D eigenvalue weighted by Crippen LogP contribution is -2.15. The number of amides is 1. The van der Waals surface area contributed by atoms with Crippen LogP contribution in [0.2, 0.25) is 5.02 Å². The first-order chi connectivity index (χ1) is 11.7. The van der Waals surface area contributed by atoms with Crippen LogP contribution < -0.4 is 5.32 Å². The molecule has 1 amide bonds. The second kappa shape index (κ2) is 7.72. The van der Waals surface area contributed by atoms with Crippen LogP contribution in [0.25, 0.3) is 0 Å². The molecule has 130 valence electrons. The van der Waals surface area contributed by atoms with Crippen molar-refractivity contribution in [1.82, 2.24) is 4.98 Å². The molecule has 0 bridgehead atoms. The van der Waals surface area contributed by atoms with Crippen LogP contribution in [0.3, 0.4) is 0 Å². The first kappa shape index (κ1) is 19.0. The highest BCUT2D eigenvalue weighted by Gasteiger charge is 2.34. The third-order valence-corrected chi connectivity index (χ3v) is 4.10. The number of nitrogens with zero attached hydrogens (tertiary/aromatic N) is 2. The highest BCUT2D eigenvalue weighted by molar-refractivity contribution is 8.00. The molecular weight excluding hydrogens is 382 g/mol. The molecule has 0 aliphatic rings. The molecule has 0 aliphatic heterocycles. The number of nitrogens with one attached hydrogen (secondary N) is 1. The SMILES string of the molecule is N#Cc1ccc(C(F)(F)F)c(SCC(=O)Nc2ccc(F)c(Cl)c2)n1. The third-order valence-electron chi connectivity index (χ3n) is 2.82. The fraction of sp³-hybridized carbons (Fsp3) is 0.133. The summed E-state index contributed by atoms with van der Waals surface area (Å²) in [5.74, 6) is -1.69. The quantitative estimate of drug-likeness (QED) is 0.618. The molecule has 1 aromatic carbocycles. The maximum Gasteiger partial charge on any atom is 0.419 e. The summed E-state index contributed by atoms with van der Waals surface area (Å²) in [6.45, 7) is 0. The summed E-state index contributed by atoms with van der Waals surface area (Å²) in [5, 5.41) is 10.5. The van der Waals surface area contributed by atoms with Gasteiger partial charge in [0.25, 0.3) is 0 Å². The standard InChI is InChI=1S/C15H8ClF4N3OS/c16-11-5-8(2-4-12(11)17)22-13(24)7-25-14-10(15(18,19)20)3-1-9(6-21)23-14/h1-5H,7H2,(H,22,24). The Kier molecular flexibility index (Phi) is 5.87. The van der Waals surface area contributed by atoms with Crippen molar-refractivity contribution < 1.29 is 22.4 Å². The van der Waals surface area contributed by atoms with Crippen molar-refractivity contribution in [2.24, 2.45) is 0 Å². The van der Waals surface area contributed by atoms with Crippen LogP contribution in [0.1, 0.15) is 11.3 Å². The van der Waals surface area contributed by atoms with E-state index in [1.807, 2.05) is 0 Å². The smallest absolute Gasteiger partial charge is 0.325 e. The van der Waals surface area contributed by atoms with E-state index in [1.54, 1.807) is 6.07 Å². The van der Waals surface area contributed by atoms with E-state index >= 15 is 0 Å². The number of carbonyl (C=O) groups excluding carboxylic acids is 1. The fourth-order valence-electron chi connectivity index (χ4n) is 1.73. The van der Waals surface area contributed by atoms with Gasteiger partial charge in [0.15, 0.2) is 0 Å². The minimum absolute atomic E-state index is 0.193. The number of pyridine rings is 1. The number of carbonyl (C=O) groups is 1. The van der Waals surface area contributed by atoms with Crippen LogP contribution in [-0.4, -0.2) is 16.6 Å². The van der Waals surface area contributed by atoms with Crippen LogP contribution in [0, 0.1) is 17.1 Å². The topological polar surface area (TPSA) is 65.8 Å². The third kappa shape index (κ3) is 5.08. The van der Waals surface area contributed by atoms with Gasteiger partial charge in [0.05, 0.1) is 16.3 Å². The lowest BCUT2D eigenvalue weighted by molar-refractivity contribution is -0.140. The van der Waals surface area contributed by atoms with Crippen molar-refractivity contribution in [3.05, 3.63) is 52.4 Å². The van der Waals surface area contributed by atoms with E-state index in [1.165, 1.54) is 12.1 Å². The molecule has 10 heteroatoms. The summed E-state index contributed by atoms with van der Waals surface area (Å²) >= 11 is 6.11. The van der Waals surface area contributed by atoms with Gasteiger partial charge in [-0.2, -0.15) is 18.4 Å². The van der Waals surface area contributed by atoms with E-state index in [-0.39, 0.29) is 22.2 Å². The van der Waals surface area contributed by atoms with Gasteiger partial charge in [-0.1, -0.05) is 23.4 Å². The second-order valence-corrected chi connectivity index (χ2v) is 6.00. The van der Waals surface area contributed by atoms with Crippen LogP contribution in [0.5, 0.6) is 0 Å². The largest absolute Gasteiger partial charge is 0.419 e. The van der Waals surface area contributed by atoms with Crippen molar-refractivity contribution in [2.75, 3.05) is 11.1 Å². The molecule has 0 unspecified atom stereocenters. The van der Waals surface area contributed by atoms with Gasteiger partial charge in [0.1, 0.15) is 22.6 Å². The molecule has 0 fully saturated rings. The van der Waals surface area contributed by atoms with E-state index in [0.717, 1.165) is 18.2 Å². The molecule has 0 atom stereocenters. The zero-order valence-electron chi connectivity index (χ0n) is 12.2. The number of thioether (sulfide) groups is 1. The summed E-state index contributed by atoms with van der Waals surface area (Å²) < 4.78 is 51.9.